The Morgan fingerprint density at radius 2 is 1.74 bits per heavy atom. The summed E-state index contributed by atoms with van der Waals surface area (Å²) >= 11 is 0. The van der Waals surface area contributed by atoms with Crippen LogP contribution in [0.1, 0.15) is 54.8 Å². The highest BCUT2D eigenvalue weighted by Crippen LogP contribution is 2.29. The van der Waals surface area contributed by atoms with E-state index in [1.54, 1.807) is 24.3 Å². The molecule has 1 unspecified atom stereocenters. The van der Waals surface area contributed by atoms with Crippen LogP contribution in [0.2, 0.25) is 0 Å². The molecular formula is C25H29F4NO4S. The molecule has 0 bridgehead atoms. The fourth-order valence-electron chi connectivity index (χ4n) is 3.44. The molecular weight excluding hydrogens is 486 g/mol. The zero-order valence-electron chi connectivity index (χ0n) is 20.0. The topological polar surface area (TPSA) is 63.7 Å². The smallest absolute Gasteiger partial charge is 0.422 e. The van der Waals surface area contributed by atoms with Crippen molar-refractivity contribution in [2.75, 3.05) is 26.0 Å². The van der Waals surface area contributed by atoms with Gasteiger partial charge in [0.1, 0.15) is 11.9 Å². The number of halogens is 4. The third-order valence-corrected chi connectivity index (χ3v) is 6.35. The predicted octanol–water partition coefficient (Wildman–Crippen LogP) is 6.02. The first-order valence-corrected chi connectivity index (χ1v) is 13.0. The summed E-state index contributed by atoms with van der Waals surface area (Å²) in [6.45, 7) is 4.29. The molecule has 0 spiro atoms. The lowest BCUT2D eigenvalue weighted by atomic mass is 9.97. The zero-order chi connectivity index (χ0) is 26.4. The number of hydrogen-bond donors (Lipinski definition) is 0. The van der Waals surface area contributed by atoms with Crippen LogP contribution in [0.3, 0.4) is 0 Å². The number of sulfone groups is 1. The number of amides is 1. The summed E-state index contributed by atoms with van der Waals surface area (Å²) in [4.78, 5) is 14.3. The van der Waals surface area contributed by atoms with Gasteiger partial charge >= 0.3 is 6.18 Å². The van der Waals surface area contributed by atoms with Crippen LogP contribution in [0.25, 0.3) is 5.57 Å². The van der Waals surface area contributed by atoms with Gasteiger partial charge in [-0.3, -0.25) is 4.79 Å². The summed E-state index contributed by atoms with van der Waals surface area (Å²) in [5.74, 6) is -0.968. The molecule has 192 valence electrons. The first-order valence-electron chi connectivity index (χ1n) is 11.1. The Kier molecular flexibility index (Phi) is 9.48. The Hall–Kier alpha value is -2.88. The molecule has 0 N–H and O–H groups in total. The lowest BCUT2D eigenvalue weighted by molar-refractivity contribution is -0.153. The summed E-state index contributed by atoms with van der Waals surface area (Å²) < 4.78 is 79.9. The minimum atomic E-state index is -4.62. The van der Waals surface area contributed by atoms with Gasteiger partial charge in [-0.25, -0.2) is 12.8 Å². The van der Waals surface area contributed by atoms with Crippen LogP contribution >= 0.6 is 0 Å². The van der Waals surface area contributed by atoms with Crippen molar-refractivity contribution in [1.29, 1.82) is 0 Å². The minimum absolute atomic E-state index is 0.178. The van der Waals surface area contributed by atoms with Crippen LogP contribution in [-0.2, 0) is 9.84 Å². The normalized spacial score (nSPS) is 15.0. The van der Waals surface area contributed by atoms with Gasteiger partial charge in [0.2, 0.25) is 0 Å². The Bertz CT molecular complexity index is 1160. The van der Waals surface area contributed by atoms with E-state index in [-0.39, 0.29) is 29.3 Å². The summed E-state index contributed by atoms with van der Waals surface area (Å²) in [7, 11) is -3.69. The van der Waals surface area contributed by atoms with Crippen LogP contribution < -0.4 is 4.74 Å². The van der Waals surface area contributed by atoms with Crippen LogP contribution in [0.4, 0.5) is 17.6 Å². The average molecular weight is 516 g/mol. The Morgan fingerprint density at radius 1 is 1.11 bits per heavy atom. The van der Waals surface area contributed by atoms with Crippen molar-refractivity contribution in [2.45, 2.75) is 44.4 Å². The molecule has 5 nitrogen and oxygen atoms in total. The standard InChI is InChI=1S/C23H23F4NO4S.C2H6/c1-15(24)16-3-5-17(6-4-16)18-9-11-28(12-10-18)22(29)20-13-19(33(2,30)31)7-8-21(20)32-14-23(25,26)27;1-2/h3-9,13,15H,10-12,14H2,1-2H3;1-2H3. The van der Waals surface area contributed by atoms with E-state index in [0.29, 0.717) is 12.0 Å². The molecule has 35 heavy (non-hydrogen) atoms. The second-order valence-electron chi connectivity index (χ2n) is 7.80. The molecule has 0 aromatic heterocycles. The first-order chi connectivity index (χ1) is 16.3. The molecule has 2 aromatic carbocycles. The van der Waals surface area contributed by atoms with Crippen LogP contribution in [0.15, 0.2) is 53.4 Å². The highest BCUT2D eigenvalue weighted by Gasteiger charge is 2.30. The summed E-state index contributed by atoms with van der Waals surface area (Å²) in [5, 5.41) is 0. The van der Waals surface area contributed by atoms with E-state index in [0.717, 1.165) is 35.6 Å². The van der Waals surface area contributed by atoms with E-state index in [1.807, 2.05) is 19.9 Å². The fraction of sp³-hybridized carbons (Fsp3) is 0.400. The van der Waals surface area contributed by atoms with Gasteiger partial charge < -0.3 is 9.64 Å². The van der Waals surface area contributed by atoms with E-state index < -0.39 is 34.7 Å². The van der Waals surface area contributed by atoms with Crippen LogP contribution in [-0.4, -0.2) is 51.4 Å². The van der Waals surface area contributed by atoms with Crippen molar-refractivity contribution < 1.29 is 35.5 Å². The molecule has 0 saturated carbocycles. The molecule has 3 rings (SSSR count). The lowest BCUT2D eigenvalue weighted by Crippen LogP contribution is -2.35. The maximum Gasteiger partial charge on any atom is 0.422 e. The number of benzene rings is 2. The van der Waals surface area contributed by atoms with Gasteiger partial charge in [0.05, 0.1) is 10.5 Å². The van der Waals surface area contributed by atoms with E-state index in [4.69, 9.17) is 4.74 Å². The van der Waals surface area contributed by atoms with Crippen LogP contribution in [0.5, 0.6) is 5.75 Å². The fourth-order valence-corrected chi connectivity index (χ4v) is 4.09. The molecule has 1 heterocycles. The van der Waals surface area contributed by atoms with E-state index in [9.17, 15) is 30.8 Å². The van der Waals surface area contributed by atoms with Crippen molar-refractivity contribution in [3.05, 3.63) is 65.2 Å². The van der Waals surface area contributed by atoms with Crippen molar-refractivity contribution >= 4 is 21.3 Å². The van der Waals surface area contributed by atoms with Gasteiger partial charge in [-0.2, -0.15) is 13.2 Å². The van der Waals surface area contributed by atoms with Gasteiger partial charge in [-0.05, 0) is 48.2 Å². The van der Waals surface area contributed by atoms with Crippen molar-refractivity contribution in [1.82, 2.24) is 4.90 Å². The van der Waals surface area contributed by atoms with Crippen LogP contribution in [0, 0.1) is 0 Å². The summed E-state index contributed by atoms with van der Waals surface area (Å²) in [6, 6.07) is 10.2. The molecule has 0 fully saturated rings. The summed E-state index contributed by atoms with van der Waals surface area (Å²) in [5.41, 5.74) is 2.15. The molecule has 10 heteroatoms. The number of ether oxygens (including phenoxy) is 1. The second kappa shape index (κ2) is 11.7. The number of carbonyl (C=O) groups excluding carboxylic acids is 1. The van der Waals surface area contributed by atoms with Gasteiger partial charge in [-0.15, -0.1) is 0 Å². The molecule has 0 aliphatic carbocycles. The van der Waals surface area contributed by atoms with Gasteiger partial charge in [0.15, 0.2) is 16.4 Å². The number of rotatable bonds is 6. The first kappa shape index (κ1) is 28.4. The SMILES string of the molecule is CC.CC(F)c1ccc(C2=CCN(C(=O)c3cc(S(C)(=O)=O)ccc3OCC(F)(F)F)CC2)cc1. The zero-order valence-corrected chi connectivity index (χ0v) is 20.8. The molecule has 1 aliphatic rings. The van der Waals surface area contributed by atoms with Crippen molar-refractivity contribution in [2.24, 2.45) is 0 Å². The van der Waals surface area contributed by atoms with E-state index in [1.165, 1.54) is 11.8 Å². The maximum atomic E-state index is 13.4. The second-order valence-corrected chi connectivity index (χ2v) is 9.82. The Balaban J connectivity index is 0.00000210. The third kappa shape index (κ3) is 7.81. The molecule has 1 aliphatic heterocycles. The van der Waals surface area contributed by atoms with Gasteiger partial charge in [0, 0.05) is 19.3 Å². The Labute approximate surface area is 203 Å². The Morgan fingerprint density at radius 3 is 2.23 bits per heavy atom. The molecule has 1 amide bonds. The number of carbonyl (C=O) groups is 1. The number of nitrogens with zero attached hydrogens (tertiary/aromatic N) is 1. The number of alkyl halides is 4. The molecule has 0 saturated heterocycles. The quantitative estimate of drug-likeness (QED) is 0.442. The maximum absolute atomic E-state index is 13.4. The lowest BCUT2D eigenvalue weighted by Gasteiger charge is -2.27. The summed E-state index contributed by atoms with van der Waals surface area (Å²) in [6.07, 6.45) is -2.47. The third-order valence-electron chi connectivity index (χ3n) is 5.24. The van der Waals surface area contributed by atoms with Crippen molar-refractivity contribution in [3.63, 3.8) is 0 Å². The molecule has 2 aromatic rings. The highest BCUT2D eigenvalue weighted by atomic mass is 32.2. The largest absolute Gasteiger partial charge is 0.483 e. The van der Waals surface area contributed by atoms with Gasteiger partial charge in [-0.1, -0.05) is 44.2 Å². The average Bonchev–Trinajstić information content (AvgIpc) is 2.82. The predicted molar refractivity (Wildman–Crippen MR) is 127 cm³/mol. The highest BCUT2D eigenvalue weighted by molar-refractivity contribution is 7.90. The van der Waals surface area contributed by atoms with E-state index in [2.05, 4.69) is 0 Å². The monoisotopic (exact) mass is 515 g/mol. The van der Waals surface area contributed by atoms with Crippen molar-refractivity contribution in [3.8, 4) is 5.75 Å². The van der Waals surface area contributed by atoms with Gasteiger partial charge in [0.25, 0.3) is 5.91 Å². The molecule has 1 atom stereocenters. The molecule has 0 radical (unpaired) electrons. The minimum Gasteiger partial charge on any atom is -0.483 e. The van der Waals surface area contributed by atoms with E-state index >= 15 is 0 Å². The number of hydrogen-bond acceptors (Lipinski definition) is 4.